The fraction of sp³-hybridized carbons (Fsp3) is 0.556. The third-order valence-electron chi connectivity index (χ3n) is 4.13. The molecule has 0 saturated carbocycles. The van der Waals surface area contributed by atoms with E-state index in [4.69, 9.17) is 9.47 Å². The molecule has 1 fully saturated rings. The fourth-order valence-electron chi connectivity index (χ4n) is 3.06. The summed E-state index contributed by atoms with van der Waals surface area (Å²) in [7, 11) is 0. The van der Waals surface area contributed by atoms with Crippen LogP contribution in [0.25, 0.3) is 0 Å². The molecule has 1 aliphatic heterocycles. The Bertz CT molecular complexity index is 491. The zero-order valence-corrected chi connectivity index (χ0v) is 13.9. The SMILES string of the molecule is CCOC(=O)[C@@H]1CC[C@@H](C(=O)OCC)N1CCc1ccccc1. The van der Waals surface area contributed by atoms with Crippen molar-refractivity contribution in [3.8, 4) is 0 Å². The van der Waals surface area contributed by atoms with E-state index in [2.05, 4.69) is 12.1 Å². The standard InChI is InChI=1S/C18H25NO4/c1-3-22-17(20)15-10-11-16(18(21)23-4-2)19(15)13-12-14-8-6-5-7-9-14/h5-9,15-16H,3-4,10-13H2,1-2H3/t15-,16-/m0/s1. The monoisotopic (exact) mass is 319 g/mol. The van der Waals surface area contributed by atoms with E-state index in [0.717, 1.165) is 6.42 Å². The number of carbonyl (C=O) groups excluding carboxylic acids is 2. The van der Waals surface area contributed by atoms with Crippen LogP contribution in [0.3, 0.4) is 0 Å². The molecule has 0 aliphatic carbocycles. The lowest BCUT2D eigenvalue weighted by Crippen LogP contribution is -2.46. The molecule has 1 aromatic rings. The minimum absolute atomic E-state index is 0.243. The number of hydrogen-bond donors (Lipinski definition) is 0. The van der Waals surface area contributed by atoms with Crippen LogP contribution in [-0.4, -0.2) is 48.7 Å². The van der Waals surface area contributed by atoms with E-state index in [1.54, 1.807) is 13.8 Å². The van der Waals surface area contributed by atoms with Crippen molar-refractivity contribution >= 4 is 11.9 Å². The number of benzene rings is 1. The molecule has 1 aliphatic rings. The summed E-state index contributed by atoms with van der Waals surface area (Å²) >= 11 is 0. The molecule has 0 N–H and O–H groups in total. The van der Waals surface area contributed by atoms with Gasteiger partial charge in [0.25, 0.3) is 0 Å². The maximum absolute atomic E-state index is 12.2. The van der Waals surface area contributed by atoms with Gasteiger partial charge >= 0.3 is 11.9 Å². The zero-order valence-electron chi connectivity index (χ0n) is 13.9. The Hall–Kier alpha value is -1.88. The first-order chi connectivity index (χ1) is 11.2. The van der Waals surface area contributed by atoms with E-state index in [0.29, 0.717) is 32.6 Å². The minimum atomic E-state index is -0.354. The van der Waals surface area contributed by atoms with Crippen molar-refractivity contribution in [3.05, 3.63) is 35.9 Å². The van der Waals surface area contributed by atoms with Gasteiger partial charge in [-0.15, -0.1) is 0 Å². The topological polar surface area (TPSA) is 55.8 Å². The van der Waals surface area contributed by atoms with Gasteiger partial charge in [-0.3, -0.25) is 14.5 Å². The molecule has 1 heterocycles. The maximum Gasteiger partial charge on any atom is 0.323 e. The molecule has 0 spiro atoms. The third kappa shape index (κ3) is 4.55. The molecule has 0 unspecified atom stereocenters. The first-order valence-corrected chi connectivity index (χ1v) is 8.30. The van der Waals surface area contributed by atoms with Gasteiger partial charge in [0.1, 0.15) is 12.1 Å². The molecule has 0 aromatic heterocycles. The molecule has 1 saturated heterocycles. The minimum Gasteiger partial charge on any atom is -0.465 e. The maximum atomic E-state index is 12.2. The van der Waals surface area contributed by atoms with Gasteiger partial charge in [0, 0.05) is 6.54 Å². The quantitative estimate of drug-likeness (QED) is 0.721. The van der Waals surface area contributed by atoms with Crippen molar-refractivity contribution in [3.63, 3.8) is 0 Å². The second kappa shape index (κ2) is 8.67. The van der Waals surface area contributed by atoms with Gasteiger partial charge < -0.3 is 9.47 Å². The Morgan fingerprint density at radius 2 is 1.52 bits per heavy atom. The number of carbonyl (C=O) groups is 2. The number of nitrogens with zero attached hydrogens (tertiary/aromatic N) is 1. The average molecular weight is 319 g/mol. The summed E-state index contributed by atoms with van der Waals surface area (Å²) in [4.78, 5) is 26.3. The van der Waals surface area contributed by atoms with Crippen molar-refractivity contribution in [2.75, 3.05) is 19.8 Å². The summed E-state index contributed by atoms with van der Waals surface area (Å²) in [6.07, 6.45) is 2.06. The van der Waals surface area contributed by atoms with Crippen LogP contribution in [0.1, 0.15) is 32.3 Å². The second-order valence-corrected chi connectivity index (χ2v) is 5.59. The predicted octanol–water partition coefficient (Wildman–Crippen LogP) is 2.19. The highest BCUT2D eigenvalue weighted by molar-refractivity contribution is 5.81. The summed E-state index contributed by atoms with van der Waals surface area (Å²) in [6.45, 7) is 4.93. The molecule has 5 nitrogen and oxygen atoms in total. The highest BCUT2D eigenvalue weighted by Gasteiger charge is 2.42. The van der Waals surface area contributed by atoms with E-state index in [-0.39, 0.29) is 24.0 Å². The van der Waals surface area contributed by atoms with Gasteiger partial charge in [0.2, 0.25) is 0 Å². The van der Waals surface area contributed by atoms with Crippen LogP contribution in [0.15, 0.2) is 30.3 Å². The number of esters is 2. The lowest BCUT2D eigenvalue weighted by Gasteiger charge is -2.27. The molecule has 126 valence electrons. The predicted molar refractivity (Wildman–Crippen MR) is 86.9 cm³/mol. The summed E-state index contributed by atoms with van der Waals surface area (Å²) in [5.74, 6) is -0.486. The Labute approximate surface area is 137 Å². The van der Waals surface area contributed by atoms with E-state index in [1.165, 1.54) is 5.56 Å². The molecule has 5 heteroatoms. The number of likely N-dealkylation sites (tertiary alicyclic amines) is 1. The molecule has 2 atom stereocenters. The molecule has 0 radical (unpaired) electrons. The first-order valence-electron chi connectivity index (χ1n) is 8.30. The second-order valence-electron chi connectivity index (χ2n) is 5.59. The van der Waals surface area contributed by atoms with Crippen molar-refractivity contribution in [2.24, 2.45) is 0 Å². The van der Waals surface area contributed by atoms with Crippen molar-refractivity contribution in [1.29, 1.82) is 0 Å². The van der Waals surface area contributed by atoms with Crippen molar-refractivity contribution < 1.29 is 19.1 Å². The molecule has 23 heavy (non-hydrogen) atoms. The smallest absolute Gasteiger partial charge is 0.323 e. The lowest BCUT2D eigenvalue weighted by molar-refractivity contribution is -0.153. The first kappa shape index (κ1) is 17.5. The molecular formula is C18H25NO4. The van der Waals surface area contributed by atoms with Crippen LogP contribution in [0.2, 0.25) is 0 Å². The van der Waals surface area contributed by atoms with Crippen LogP contribution in [0.4, 0.5) is 0 Å². The van der Waals surface area contributed by atoms with E-state index in [1.807, 2.05) is 23.1 Å². The van der Waals surface area contributed by atoms with Crippen molar-refractivity contribution in [1.82, 2.24) is 4.90 Å². The van der Waals surface area contributed by atoms with Crippen LogP contribution >= 0.6 is 0 Å². The Kier molecular flexibility index (Phi) is 6.59. The summed E-state index contributed by atoms with van der Waals surface area (Å²) < 4.78 is 10.3. The fourth-order valence-corrected chi connectivity index (χ4v) is 3.06. The third-order valence-corrected chi connectivity index (χ3v) is 4.13. The van der Waals surface area contributed by atoms with Gasteiger partial charge in [-0.25, -0.2) is 0 Å². The summed E-state index contributed by atoms with van der Waals surface area (Å²) in [5, 5.41) is 0. The van der Waals surface area contributed by atoms with Gasteiger partial charge in [-0.05, 0) is 38.7 Å². The average Bonchev–Trinajstić information content (AvgIpc) is 2.98. The number of hydrogen-bond acceptors (Lipinski definition) is 5. The van der Waals surface area contributed by atoms with Crippen LogP contribution in [-0.2, 0) is 25.5 Å². The molecule has 0 amide bonds. The Morgan fingerprint density at radius 3 is 2.00 bits per heavy atom. The molecule has 2 rings (SSSR count). The summed E-state index contributed by atoms with van der Waals surface area (Å²) in [5.41, 5.74) is 1.18. The van der Waals surface area contributed by atoms with E-state index >= 15 is 0 Å². The van der Waals surface area contributed by atoms with E-state index in [9.17, 15) is 9.59 Å². The highest BCUT2D eigenvalue weighted by Crippen LogP contribution is 2.26. The molecular weight excluding hydrogens is 294 g/mol. The lowest BCUT2D eigenvalue weighted by atomic mass is 10.1. The van der Waals surface area contributed by atoms with Gasteiger partial charge in [-0.1, -0.05) is 30.3 Å². The normalized spacial score (nSPS) is 21.1. The Balaban J connectivity index is 2.07. The number of ether oxygens (including phenoxy) is 2. The van der Waals surface area contributed by atoms with Gasteiger partial charge in [0.15, 0.2) is 0 Å². The van der Waals surface area contributed by atoms with E-state index < -0.39 is 0 Å². The van der Waals surface area contributed by atoms with Gasteiger partial charge in [0.05, 0.1) is 13.2 Å². The largest absolute Gasteiger partial charge is 0.465 e. The van der Waals surface area contributed by atoms with Gasteiger partial charge in [-0.2, -0.15) is 0 Å². The summed E-state index contributed by atoms with van der Waals surface area (Å²) in [6, 6.07) is 9.35. The molecule has 1 aromatic carbocycles. The zero-order chi connectivity index (χ0) is 16.7. The van der Waals surface area contributed by atoms with Crippen LogP contribution < -0.4 is 0 Å². The van der Waals surface area contributed by atoms with Crippen molar-refractivity contribution in [2.45, 2.75) is 45.2 Å². The van der Waals surface area contributed by atoms with Crippen LogP contribution in [0.5, 0.6) is 0 Å². The highest BCUT2D eigenvalue weighted by atomic mass is 16.5. The van der Waals surface area contributed by atoms with Crippen LogP contribution in [0, 0.1) is 0 Å². The Morgan fingerprint density at radius 1 is 1.00 bits per heavy atom. The number of rotatable bonds is 7. The molecule has 0 bridgehead atoms.